The van der Waals surface area contributed by atoms with Crippen molar-refractivity contribution < 1.29 is 56.4 Å². The molecule has 0 spiro atoms. The van der Waals surface area contributed by atoms with Gasteiger partial charge < -0.3 is 58.1 Å². The van der Waals surface area contributed by atoms with Crippen LogP contribution in [0.15, 0.2) is 22.6 Å². The minimum atomic E-state index is -4.92. The Morgan fingerprint density at radius 2 is 1.86 bits per heavy atom. The van der Waals surface area contributed by atoms with E-state index in [-0.39, 0.29) is 59.9 Å². The molecule has 0 radical (unpaired) electrons. The molecule has 3 aliphatic rings. The predicted molar refractivity (Wildman–Crippen MR) is 196 cm³/mol. The van der Waals surface area contributed by atoms with Gasteiger partial charge in [-0.1, -0.05) is 5.16 Å². The molecule has 0 unspecified atom stereocenters. The number of hydrogen-bond acceptors (Lipinski definition) is 17. The Labute approximate surface area is 325 Å². The Bertz CT molecular complexity index is 2060. The summed E-state index contributed by atoms with van der Waals surface area (Å²) in [6.07, 6.45) is 2.66. The Morgan fingerprint density at radius 3 is 2.39 bits per heavy atom. The number of carbonyl (C=O) groups is 4. The zero-order chi connectivity index (χ0) is 41.7. The molecule has 2 atom stereocenters. The summed E-state index contributed by atoms with van der Waals surface area (Å²) in [5, 5.41) is 49.4. The number of fused-ring (bicyclic) bond motifs is 2. The number of carboxylic acids is 2. The number of aliphatic carboxylic acids is 2. The van der Waals surface area contributed by atoms with Crippen LogP contribution in [0.5, 0.6) is 0 Å². The standard InChI is InChI=1S/C27H37N15O7S2.H2O4S/c1-27(2,23(47)48)49-38-14(17-37-26(32)51-39-17)19(43)36-15-20(44)42-16(22(45)46)12(10-50-21(15)42)8-40-9-13(18-33-4-3-5-41(18)40)11(6-34-24(28)29)7-35-25(30)31;1-5(2,3)4/h9,11,15,21H,3-8,10H2,1-2H3,(H13,28,29,30,31,32,34,35,36,37,39,43,45,46,47,48);(H2,1,2,3,4)/b38-14-;/t15-,21-;/m1./s1. The van der Waals surface area contributed by atoms with Gasteiger partial charge in [0.15, 0.2) is 29.4 Å². The van der Waals surface area contributed by atoms with E-state index < -0.39 is 56.9 Å². The summed E-state index contributed by atoms with van der Waals surface area (Å²) >= 11 is 2.02. The number of nitrogens with zero attached hydrogens (tertiary/aromatic N) is 6. The van der Waals surface area contributed by atoms with Crippen molar-refractivity contribution in [3.05, 3.63) is 28.9 Å². The van der Waals surface area contributed by atoms with Gasteiger partial charge in [-0.15, -0.1) is 21.1 Å². The molecular weight excluding hydrogens is 807 g/mol. The number of carboxylic acid groups (broad SMARTS) is 2. The van der Waals surface area contributed by atoms with Gasteiger partial charge in [0.2, 0.25) is 33.7 Å². The van der Waals surface area contributed by atoms with Crippen LogP contribution in [0.25, 0.3) is 0 Å². The van der Waals surface area contributed by atoms with E-state index in [1.807, 2.05) is 15.6 Å². The summed E-state index contributed by atoms with van der Waals surface area (Å²) in [5.41, 5.74) is 15.5. The topological polar surface area (TPSA) is 419 Å². The molecule has 56 heavy (non-hydrogen) atoms. The molecule has 26 nitrogen and oxygen atoms in total. The highest BCUT2D eigenvalue weighted by atomic mass is 32.3. The molecule has 1 saturated heterocycles. The highest BCUT2D eigenvalue weighted by Crippen LogP contribution is 2.40. The van der Waals surface area contributed by atoms with Crippen molar-refractivity contribution in [3.8, 4) is 0 Å². The lowest BCUT2D eigenvalue weighted by atomic mass is 10.0. The molecule has 2 amide bonds. The minimum Gasteiger partial charge on any atom is -0.726 e. The number of thioether (sulfide) groups is 1. The van der Waals surface area contributed by atoms with Gasteiger partial charge in [-0.2, -0.15) is 9.36 Å². The smallest absolute Gasteiger partial charge is 0.352 e. The van der Waals surface area contributed by atoms with E-state index in [2.05, 4.69) is 35.8 Å². The number of oxime groups is 1. The number of nitrogens with one attached hydrogen (secondary N) is 6. The first kappa shape index (κ1) is 43.0. The Morgan fingerprint density at radius 1 is 1.23 bits per heavy atom. The summed E-state index contributed by atoms with van der Waals surface area (Å²) in [6.45, 7) is 4.38. The number of nitrogens with two attached hydrogens (primary N) is 3. The SMILES string of the molecule is CC(C)(O/N=C(\C(=O)N[C@@H]1C(=O)N2C(C(=O)O)=C(C[n+]3cc(C(CNC(=N)N)CNC(=N)N)c4n3CCCN4)CS[C@H]12)c1nsc(N)n1)C(=O)O.O=S(=O)([O-])O. The maximum absolute atomic E-state index is 13.5. The van der Waals surface area contributed by atoms with E-state index in [1.54, 1.807) is 0 Å². The van der Waals surface area contributed by atoms with Crippen LogP contribution in [0.2, 0.25) is 0 Å². The zero-order valence-electron chi connectivity index (χ0n) is 29.5. The van der Waals surface area contributed by atoms with Crippen molar-refractivity contribution in [2.45, 2.75) is 56.3 Å². The van der Waals surface area contributed by atoms with Crippen molar-refractivity contribution in [1.82, 2.24) is 34.9 Å². The van der Waals surface area contributed by atoms with E-state index in [4.69, 9.17) is 50.4 Å². The predicted octanol–water partition coefficient (Wildman–Crippen LogP) is -3.90. The van der Waals surface area contributed by atoms with E-state index in [0.29, 0.717) is 18.7 Å². The normalized spacial score (nSPS) is 18.5. The van der Waals surface area contributed by atoms with Gasteiger partial charge >= 0.3 is 11.9 Å². The summed E-state index contributed by atoms with van der Waals surface area (Å²) < 4.78 is 40.6. The molecule has 29 heteroatoms. The fourth-order valence-electron chi connectivity index (χ4n) is 5.55. The van der Waals surface area contributed by atoms with Gasteiger partial charge in [-0.3, -0.25) is 29.9 Å². The van der Waals surface area contributed by atoms with Crippen LogP contribution in [0.4, 0.5) is 10.9 Å². The van der Waals surface area contributed by atoms with Crippen molar-refractivity contribution in [2.75, 3.05) is 36.4 Å². The Kier molecular flexibility index (Phi) is 13.3. The van der Waals surface area contributed by atoms with Crippen LogP contribution in [0.1, 0.15) is 37.6 Å². The maximum atomic E-state index is 13.5. The lowest BCUT2D eigenvalue weighted by Gasteiger charge is -2.49. The second-order valence-electron chi connectivity index (χ2n) is 12.6. The molecule has 3 aliphatic heterocycles. The molecule has 2 aromatic rings. The van der Waals surface area contributed by atoms with Crippen molar-refractivity contribution >= 4 is 86.0 Å². The van der Waals surface area contributed by atoms with Gasteiger partial charge in [0.05, 0.1) is 12.1 Å². The van der Waals surface area contributed by atoms with E-state index in [1.165, 1.54) is 25.6 Å². The number of β-lactam (4-membered cyclic amide) rings is 1. The summed E-state index contributed by atoms with van der Waals surface area (Å²) in [5.74, 6) is -4.30. The van der Waals surface area contributed by atoms with E-state index in [0.717, 1.165) is 34.2 Å². The van der Waals surface area contributed by atoms with Crippen molar-refractivity contribution in [3.63, 3.8) is 0 Å². The second kappa shape index (κ2) is 17.3. The highest BCUT2D eigenvalue weighted by molar-refractivity contribution is 8.00. The van der Waals surface area contributed by atoms with Crippen LogP contribution in [-0.4, -0.2) is 130 Å². The third-order valence-corrected chi connectivity index (χ3v) is 10.0. The lowest BCUT2D eigenvalue weighted by molar-refractivity contribution is -0.768. The molecule has 0 saturated carbocycles. The highest BCUT2D eigenvalue weighted by Gasteiger charge is 2.55. The fourth-order valence-corrected chi connectivity index (χ4v) is 7.32. The molecule has 0 bridgehead atoms. The maximum Gasteiger partial charge on any atom is 0.352 e. The molecule has 5 heterocycles. The minimum absolute atomic E-state index is 0.00138. The molecule has 306 valence electrons. The second-order valence-corrected chi connectivity index (χ2v) is 15.3. The largest absolute Gasteiger partial charge is 0.726 e. The van der Waals surface area contributed by atoms with Gasteiger partial charge in [0, 0.05) is 48.4 Å². The van der Waals surface area contributed by atoms with Crippen LogP contribution < -0.4 is 43.1 Å². The number of guanidine groups is 2. The molecular formula is C27H39N15O11S3. The molecule has 0 aliphatic carbocycles. The molecule has 5 rings (SSSR count). The monoisotopic (exact) mass is 845 g/mol. The van der Waals surface area contributed by atoms with E-state index >= 15 is 0 Å². The number of rotatable bonds is 14. The van der Waals surface area contributed by atoms with Crippen LogP contribution >= 0.6 is 23.3 Å². The first-order valence-corrected chi connectivity index (χ1v) is 19.3. The van der Waals surface area contributed by atoms with Crippen molar-refractivity contribution in [2.24, 2.45) is 16.6 Å². The van der Waals surface area contributed by atoms with E-state index in [9.17, 15) is 29.4 Å². The number of hydrogen-bond donors (Lipinski definition) is 12. The summed E-state index contributed by atoms with van der Waals surface area (Å²) in [7, 11) is -4.92. The molecule has 1 fully saturated rings. The number of nitrogen functional groups attached to an aromatic ring is 1. The Hall–Kier alpha value is -5.78. The first-order valence-electron chi connectivity index (χ1n) is 16.1. The average molecular weight is 846 g/mol. The first-order chi connectivity index (χ1) is 26.1. The van der Waals surface area contributed by atoms with Crippen LogP contribution in [0.3, 0.4) is 0 Å². The summed E-state index contributed by atoms with van der Waals surface area (Å²) in [6, 6.07) is -1.15. The molecule has 0 aromatic carbocycles. The zero-order valence-corrected chi connectivity index (χ0v) is 32.0. The Balaban J connectivity index is 0.00000131. The number of aromatic nitrogens is 4. The van der Waals surface area contributed by atoms with Crippen molar-refractivity contribution in [1.29, 1.82) is 10.8 Å². The average Bonchev–Trinajstić information content (AvgIpc) is 3.69. The number of carbonyl (C=O) groups excluding carboxylic acids is 2. The fraction of sp³-hybridized carbons (Fsp3) is 0.481. The molecule has 2 aromatic heterocycles. The number of anilines is 2. The van der Waals surface area contributed by atoms with Gasteiger partial charge in [-0.05, 0) is 20.3 Å². The van der Waals surface area contributed by atoms with Gasteiger partial charge in [0.1, 0.15) is 17.1 Å². The lowest BCUT2D eigenvalue weighted by Crippen LogP contribution is -2.71. The third-order valence-electron chi connectivity index (χ3n) is 8.12. The van der Waals surface area contributed by atoms with Crippen LogP contribution in [0, 0.1) is 10.8 Å². The molecule has 15 N–H and O–H groups in total. The summed E-state index contributed by atoms with van der Waals surface area (Å²) in [4.78, 5) is 61.3. The third kappa shape index (κ3) is 10.5. The van der Waals surface area contributed by atoms with Crippen LogP contribution in [-0.2, 0) is 47.5 Å². The number of amides is 2. The quantitative estimate of drug-likeness (QED) is 0.0164. The van der Waals surface area contributed by atoms with Gasteiger partial charge in [-0.25, -0.2) is 18.0 Å². The van der Waals surface area contributed by atoms with Gasteiger partial charge in [0.25, 0.3) is 11.8 Å².